The molecule has 1 aromatic heterocycles. The Morgan fingerprint density at radius 3 is 2.14 bits per heavy atom. The molecule has 4 aromatic carbocycles. The zero-order valence-electron chi connectivity index (χ0n) is 18.6. The van der Waals surface area contributed by atoms with Crippen LogP contribution in [-0.2, 0) is 0 Å². The van der Waals surface area contributed by atoms with Crippen molar-refractivity contribution in [2.24, 2.45) is 5.73 Å². The van der Waals surface area contributed by atoms with Crippen molar-refractivity contribution < 1.29 is 9.59 Å². The number of benzene rings is 4. The third-order valence-electron chi connectivity index (χ3n) is 5.76. The van der Waals surface area contributed by atoms with E-state index in [9.17, 15) is 9.59 Å². The number of hydrogen-bond acceptors (Lipinski definition) is 3. The molecule has 35 heavy (non-hydrogen) atoms. The fourth-order valence-electron chi connectivity index (χ4n) is 4.20. The fourth-order valence-corrected chi connectivity index (χ4v) is 4.42. The number of carbonyl (C=O) groups excluding carboxylic acids is 2. The number of halogens is 1. The number of carbonyl (C=O) groups is 2. The molecule has 0 saturated carbocycles. The van der Waals surface area contributed by atoms with Crippen molar-refractivity contribution in [1.82, 2.24) is 4.98 Å². The predicted octanol–water partition coefficient (Wildman–Crippen LogP) is 7.00. The van der Waals surface area contributed by atoms with E-state index in [4.69, 9.17) is 17.3 Å². The monoisotopic (exact) mass is 477 g/mol. The Morgan fingerprint density at radius 2 is 1.43 bits per heavy atom. The summed E-state index contributed by atoms with van der Waals surface area (Å²) < 4.78 is 0. The predicted molar refractivity (Wildman–Crippen MR) is 140 cm³/mol. The molecule has 0 spiro atoms. The van der Waals surface area contributed by atoms with Crippen LogP contribution >= 0.6 is 11.6 Å². The number of rotatable bonds is 5. The largest absolute Gasteiger partial charge is 0.351 e. The standard InChI is InChI=1S/C29H20ClN3O2/c30-25-16-8-15-23-26(24(18-32-27(23)25)28(34)19-9-3-1-4-10-19)20-11-7-14-22(17-20)33(29(31)35)21-12-5-2-6-13-21/h1-18H,(H2,31,35). The molecule has 0 atom stereocenters. The van der Waals surface area contributed by atoms with Crippen LogP contribution in [0.2, 0.25) is 5.02 Å². The molecular weight excluding hydrogens is 458 g/mol. The van der Waals surface area contributed by atoms with E-state index < -0.39 is 6.03 Å². The molecule has 5 nitrogen and oxygen atoms in total. The van der Waals surface area contributed by atoms with Gasteiger partial charge in [0.15, 0.2) is 5.78 Å². The van der Waals surface area contributed by atoms with Crippen molar-refractivity contribution >= 4 is 45.7 Å². The van der Waals surface area contributed by atoms with Gasteiger partial charge >= 0.3 is 6.03 Å². The molecule has 170 valence electrons. The van der Waals surface area contributed by atoms with E-state index in [0.717, 1.165) is 10.9 Å². The van der Waals surface area contributed by atoms with Crippen LogP contribution in [0, 0.1) is 0 Å². The third kappa shape index (κ3) is 4.25. The normalized spacial score (nSPS) is 10.8. The van der Waals surface area contributed by atoms with Crippen molar-refractivity contribution in [3.05, 3.63) is 125 Å². The van der Waals surface area contributed by atoms with Crippen LogP contribution in [0.5, 0.6) is 0 Å². The van der Waals surface area contributed by atoms with E-state index in [1.165, 1.54) is 4.90 Å². The van der Waals surface area contributed by atoms with Crippen LogP contribution in [0.25, 0.3) is 22.0 Å². The lowest BCUT2D eigenvalue weighted by atomic mass is 9.92. The van der Waals surface area contributed by atoms with Gasteiger partial charge in [-0.3, -0.25) is 14.7 Å². The average Bonchev–Trinajstić information content (AvgIpc) is 2.89. The van der Waals surface area contributed by atoms with Gasteiger partial charge in [0.05, 0.1) is 21.9 Å². The second-order valence-corrected chi connectivity index (χ2v) is 8.34. The maximum Gasteiger partial charge on any atom is 0.323 e. The van der Waals surface area contributed by atoms with E-state index >= 15 is 0 Å². The number of urea groups is 1. The van der Waals surface area contributed by atoms with Gasteiger partial charge in [-0.2, -0.15) is 0 Å². The number of aromatic nitrogens is 1. The molecule has 5 aromatic rings. The molecule has 5 rings (SSSR count). The number of primary amides is 1. The minimum atomic E-state index is -0.614. The van der Waals surface area contributed by atoms with Gasteiger partial charge in [0.2, 0.25) is 0 Å². The van der Waals surface area contributed by atoms with Gasteiger partial charge in [0.25, 0.3) is 0 Å². The Hall–Kier alpha value is -4.48. The molecule has 0 aliphatic carbocycles. The first kappa shape index (κ1) is 22.3. The average molecular weight is 478 g/mol. The Balaban J connectivity index is 1.74. The number of anilines is 2. The van der Waals surface area contributed by atoms with Gasteiger partial charge < -0.3 is 5.73 Å². The van der Waals surface area contributed by atoms with Crippen LogP contribution in [0.15, 0.2) is 109 Å². The number of amides is 2. The second-order valence-electron chi connectivity index (χ2n) is 7.94. The molecule has 1 heterocycles. The fraction of sp³-hybridized carbons (Fsp3) is 0. The molecule has 2 amide bonds. The van der Waals surface area contributed by atoms with Crippen molar-refractivity contribution in [2.75, 3.05) is 4.90 Å². The van der Waals surface area contributed by atoms with Gasteiger partial charge in [-0.05, 0) is 35.9 Å². The van der Waals surface area contributed by atoms with Crippen LogP contribution < -0.4 is 10.6 Å². The number of para-hydroxylation sites is 2. The molecule has 2 N–H and O–H groups in total. The van der Waals surface area contributed by atoms with E-state index in [1.54, 1.807) is 30.5 Å². The lowest BCUT2D eigenvalue weighted by Crippen LogP contribution is -2.31. The second kappa shape index (κ2) is 9.41. The summed E-state index contributed by atoms with van der Waals surface area (Å²) in [6, 6.07) is 30.5. The summed E-state index contributed by atoms with van der Waals surface area (Å²) in [5.74, 6) is -0.157. The molecule has 0 radical (unpaired) electrons. The van der Waals surface area contributed by atoms with Crippen molar-refractivity contribution in [3.8, 4) is 11.1 Å². The zero-order valence-corrected chi connectivity index (χ0v) is 19.3. The van der Waals surface area contributed by atoms with Crippen molar-refractivity contribution in [3.63, 3.8) is 0 Å². The van der Waals surface area contributed by atoms with Gasteiger partial charge in [-0.15, -0.1) is 0 Å². The lowest BCUT2D eigenvalue weighted by Gasteiger charge is -2.22. The third-order valence-corrected chi connectivity index (χ3v) is 6.06. The van der Waals surface area contributed by atoms with Crippen LogP contribution in [-0.4, -0.2) is 16.8 Å². The first-order chi connectivity index (χ1) is 17.0. The summed E-state index contributed by atoms with van der Waals surface area (Å²) in [7, 11) is 0. The number of nitrogens with zero attached hydrogens (tertiary/aromatic N) is 2. The minimum absolute atomic E-state index is 0.157. The van der Waals surface area contributed by atoms with E-state index in [2.05, 4.69) is 4.98 Å². The maximum atomic E-state index is 13.6. The highest BCUT2D eigenvalue weighted by molar-refractivity contribution is 6.35. The molecule has 0 saturated heterocycles. The molecular formula is C29H20ClN3O2. The van der Waals surface area contributed by atoms with Gasteiger partial charge in [-0.1, -0.05) is 84.4 Å². The molecule has 0 fully saturated rings. The topological polar surface area (TPSA) is 76.3 Å². The SMILES string of the molecule is NC(=O)N(c1ccccc1)c1cccc(-c2c(C(=O)c3ccccc3)cnc3c(Cl)cccc23)c1. The van der Waals surface area contributed by atoms with E-state index in [-0.39, 0.29) is 5.78 Å². The zero-order chi connectivity index (χ0) is 24.4. The highest BCUT2D eigenvalue weighted by atomic mass is 35.5. The summed E-state index contributed by atoms with van der Waals surface area (Å²) in [4.78, 5) is 31.9. The van der Waals surface area contributed by atoms with E-state index in [0.29, 0.717) is 38.6 Å². The molecule has 0 bridgehead atoms. The van der Waals surface area contributed by atoms with Crippen molar-refractivity contribution in [2.45, 2.75) is 0 Å². The van der Waals surface area contributed by atoms with Crippen LogP contribution in [0.3, 0.4) is 0 Å². The molecule has 0 aliphatic rings. The Labute approximate surface area is 207 Å². The highest BCUT2D eigenvalue weighted by Gasteiger charge is 2.21. The number of pyridine rings is 1. The number of nitrogens with two attached hydrogens (primary N) is 1. The van der Waals surface area contributed by atoms with Crippen LogP contribution in [0.4, 0.5) is 16.2 Å². The summed E-state index contributed by atoms with van der Waals surface area (Å²) in [6.07, 6.45) is 1.56. The number of hydrogen-bond donors (Lipinski definition) is 1. The quantitative estimate of drug-likeness (QED) is 0.277. The Kier molecular flexibility index (Phi) is 6.00. The Bertz CT molecular complexity index is 1550. The smallest absolute Gasteiger partial charge is 0.323 e. The molecule has 0 unspecified atom stereocenters. The molecule has 0 aliphatic heterocycles. The van der Waals surface area contributed by atoms with Gasteiger partial charge in [-0.25, -0.2) is 4.79 Å². The molecule has 6 heteroatoms. The first-order valence-electron chi connectivity index (χ1n) is 11.0. The highest BCUT2D eigenvalue weighted by Crippen LogP contribution is 2.37. The van der Waals surface area contributed by atoms with E-state index in [1.807, 2.05) is 78.9 Å². The summed E-state index contributed by atoms with van der Waals surface area (Å²) >= 11 is 6.45. The van der Waals surface area contributed by atoms with Gasteiger partial charge in [0.1, 0.15) is 0 Å². The maximum absolute atomic E-state index is 13.6. The summed E-state index contributed by atoms with van der Waals surface area (Å²) in [5.41, 5.74) is 9.98. The number of ketones is 1. The van der Waals surface area contributed by atoms with Gasteiger partial charge in [0, 0.05) is 28.3 Å². The Morgan fingerprint density at radius 1 is 0.771 bits per heavy atom. The van der Waals surface area contributed by atoms with Crippen molar-refractivity contribution in [1.29, 1.82) is 0 Å². The summed E-state index contributed by atoms with van der Waals surface area (Å²) in [6.45, 7) is 0. The lowest BCUT2D eigenvalue weighted by molar-refractivity contribution is 0.103. The minimum Gasteiger partial charge on any atom is -0.351 e. The first-order valence-corrected chi connectivity index (χ1v) is 11.3. The number of fused-ring (bicyclic) bond motifs is 1. The van der Waals surface area contributed by atoms with Crippen LogP contribution in [0.1, 0.15) is 15.9 Å². The summed E-state index contributed by atoms with van der Waals surface area (Å²) in [5, 5.41) is 1.23.